The molecule has 1 aliphatic heterocycles. The van der Waals surface area contributed by atoms with Crippen LogP contribution in [0, 0.1) is 0 Å². The van der Waals surface area contributed by atoms with Crippen molar-refractivity contribution in [1.82, 2.24) is 0 Å². The lowest BCUT2D eigenvalue weighted by molar-refractivity contribution is -0.137. The van der Waals surface area contributed by atoms with Gasteiger partial charge in [0.1, 0.15) is 0 Å². The average Bonchev–Trinajstić information content (AvgIpc) is 2.94. The molecule has 1 heterocycles. The van der Waals surface area contributed by atoms with Gasteiger partial charge in [0.15, 0.2) is 0 Å². The Hall–Kier alpha value is -2.33. The van der Waals surface area contributed by atoms with Crippen molar-refractivity contribution in [2.24, 2.45) is 0 Å². The second kappa shape index (κ2) is 8.58. The second-order valence-corrected chi connectivity index (χ2v) is 8.25. The number of imide groups is 1. The van der Waals surface area contributed by atoms with E-state index in [1.165, 1.54) is 12.1 Å². The summed E-state index contributed by atoms with van der Waals surface area (Å²) >= 11 is 4.20. The highest BCUT2D eigenvalue weighted by Crippen LogP contribution is 2.35. The van der Waals surface area contributed by atoms with Gasteiger partial charge in [-0.2, -0.15) is 13.2 Å². The number of carbonyl (C=O) groups excluding carboxylic acids is 3. The van der Waals surface area contributed by atoms with Crippen molar-refractivity contribution < 1.29 is 27.6 Å². The Balaban J connectivity index is 1.62. The number of nitrogens with one attached hydrogen (secondary N) is 1. The van der Waals surface area contributed by atoms with Crippen LogP contribution in [-0.2, 0) is 20.6 Å². The zero-order valence-corrected chi connectivity index (χ0v) is 17.1. The number of alkyl halides is 3. The number of carbonyl (C=O) groups is 3. The summed E-state index contributed by atoms with van der Waals surface area (Å²) in [6, 6.07) is 11.3. The second-order valence-electron chi connectivity index (χ2n) is 6.14. The highest BCUT2D eigenvalue weighted by atomic mass is 79.9. The SMILES string of the molecule is O=C(CSC1CC(=O)N(c2ccc(Br)cc2)C1=O)Nc1ccccc1C(F)(F)F. The van der Waals surface area contributed by atoms with Gasteiger partial charge in [0, 0.05) is 10.9 Å². The van der Waals surface area contributed by atoms with Crippen molar-refractivity contribution in [2.75, 3.05) is 16.0 Å². The predicted octanol–water partition coefficient (Wildman–Crippen LogP) is 4.47. The Labute approximate surface area is 176 Å². The van der Waals surface area contributed by atoms with Gasteiger partial charge in [0.05, 0.1) is 27.9 Å². The lowest BCUT2D eigenvalue weighted by Crippen LogP contribution is -2.31. The van der Waals surface area contributed by atoms with Crippen LogP contribution in [0.4, 0.5) is 24.5 Å². The summed E-state index contributed by atoms with van der Waals surface area (Å²) < 4.78 is 39.8. The van der Waals surface area contributed by atoms with E-state index in [4.69, 9.17) is 0 Å². The monoisotopic (exact) mass is 486 g/mol. The summed E-state index contributed by atoms with van der Waals surface area (Å²) in [6.45, 7) is 0. The van der Waals surface area contributed by atoms with Crippen LogP contribution in [0.3, 0.4) is 0 Å². The Morgan fingerprint density at radius 3 is 2.45 bits per heavy atom. The molecule has 10 heteroatoms. The molecule has 152 valence electrons. The fourth-order valence-corrected chi connectivity index (χ4v) is 4.00. The van der Waals surface area contributed by atoms with E-state index in [0.717, 1.165) is 33.3 Å². The molecule has 1 N–H and O–H groups in total. The van der Waals surface area contributed by atoms with Crippen molar-refractivity contribution in [2.45, 2.75) is 17.8 Å². The standard InChI is InChI=1S/C19H14BrF3N2O3S/c20-11-5-7-12(8-6-11)25-17(27)9-15(18(25)28)29-10-16(26)24-14-4-2-1-3-13(14)19(21,22)23/h1-8,15H,9-10H2,(H,24,26). The number of benzene rings is 2. The summed E-state index contributed by atoms with van der Waals surface area (Å²) in [5.41, 5.74) is -0.877. The molecular formula is C19H14BrF3N2O3S. The summed E-state index contributed by atoms with van der Waals surface area (Å²) in [7, 11) is 0. The zero-order chi connectivity index (χ0) is 21.2. The van der Waals surface area contributed by atoms with Crippen LogP contribution in [0.2, 0.25) is 0 Å². The minimum absolute atomic E-state index is 0.0774. The quantitative estimate of drug-likeness (QED) is 0.633. The maximum absolute atomic E-state index is 13.0. The van der Waals surface area contributed by atoms with Crippen molar-refractivity contribution in [3.63, 3.8) is 0 Å². The molecular weight excluding hydrogens is 473 g/mol. The van der Waals surface area contributed by atoms with Gasteiger partial charge in [-0.25, -0.2) is 4.90 Å². The molecule has 0 aliphatic carbocycles. The number of hydrogen-bond donors (Lipinski definition) is 1. The van der Waals surface area contributed by atoms with Gasteiger partial charge in [-0.3, -0.25) is 14.4 Å². The van der Waals surface area contributed by atoms with E-state index in [1.54, 1.807) is 24.3 Å². The first kappa shape index (κ1) is 21.4. The Morgan fingerprint density at radius 2 is 1.79 bits per heavy atom. The van der Waals surface area contributed by atoms with Gasteiger partial charge in [0.25, 0.3) is 0 Å². The normalized spacial score (nSPS) is 17.0. The van der Waals surface area contributed by atoms with E-state index in [0.29, 0.717) is 5.69 Å². The minimum atomic E-state index is -4.60. The molecule has 2 aromatic carbocycles. The summed E-state index contributed by atoms with van der Waals surface area (Å²) in [5.74, 6) is -1.79. The van der Waals surface area contributed by atoms with E-state index in [2.05, 4.69) is 21.2 Å². The van der Waals surface area contributed by atoms with E-state index in [-0.39, 0.29) is 17.9 Å². The van der Waals surface area contributed by atoms with Crippen LogP contribution < -0.4 is 10.2 Å². The molecule has 2 aromatic rings. The molecule has 0 radical (unpaired) electrons. The Kier molecular flexibility index (Phi) is 6.33. The van der Waals surface area contributed by atoms with Gasteiger partial charge in [0.2, 0.25) is 17.7 Å². The lowest BCUT2D eigenvalue weighted by atomic mass is 10.1. The van der Waals surface area contributed by atoms with E-state index in [1.807, 2.05) is 0 Å². The molecule has 1 saturated heterocycles. The Bertz CT molecular complexity index is 950. The highest BCUT2D eigenvalue weighted by Gasteiger charge is 2.40. The highest BCUT2D eigenvalue weighted by molar-refractivity contribution is 9.10. The van der Waals surface area contributed by atoms with Gasteiger partial charge in [-0.05, 0) is 36.4 Å². The van der Waals surface area contributed by atoms with Crippen LogP contribution in [0.15, 0.2) is 53.0 Å². The van der Waals surface area contributed by atoms with Crippen LogP contribution >= 0.6 is 27.7 Å². The fourth-order valence-electron chi connectivity index (χ4n) is 2.80. The first-order chi connectivity index (χ1) is 13.7. The van der Waals surface area contributed by atoms with Crippen LogP contribution in [0.5, 0.6) is 0 Å². The number of nitrogens with zero attached hydrogens (tertiary/aromatic N) is 1. The van der Waals surface area contributed by atoms with Crippen LogP contribution in [0.1, 0.15) is 12.0 Å². The van der Waals surface area contributed by atoms with Crippen molar-refractivity contribution in [1.29, 1.82) is 0 Å². The van der Waals surface area contributed by atoms with Gasteiger partial charge in [-0.1, -0.05) is 28.1 Å². The van der Waals surface area contributed by atoms with E-state index >= 15 is 0 Å². The first-order valence-corrected chi connectivity index (χ1v) is 10.2. The molecule has 3 amide bonds. The molecule has 5 nitrogen and oxygen atoms in total. The lowest BCUT2D eigenvalue weighted by Gasteiger charge is -2.15. The molecule has 1 fully saturated rings. The summed E-state index contributed by atoms with van der Waals surface area (Å²) in [6.07, 6.45) is -4.68. The van der Waals surface area contributed by atoms with E-state index in [9.17, 15) is 27.6 Å². The third-order valence-corrected chi connectivity index (χ3v) is 5.84. The summed E-state index contributed by atoms with van der Waals surface area (Å²) in [4.78, 5) is 37.9. The number of halogens is 4. The zero-order valence-electron chi connectivity index (χ0n) is 14.7. The Morgan fingerprint density at radius 1 is 1.14 bits per heavy atom. The smallest absolute Gasteiger partial charge is 0.325 e. The molecule has 1 aliphatic rings. The maximum atomic E-state index is 13.0. The number of hydrogen-bond acceptors (Lipinski definition) is 4. The molecule has 0 bridgehead atoms. The third-order valence-electron chi connectivity index (χ3n) is 4.11. The van der Waals surface area contributed by atoms with Crippen molar-refractivity contribution in [3.05, 3.63) is 58.6 Å². The largest absolute Gasteiger partial charge is 0.418 e. The summed E-state index contributed by atoms with van der Waals surface area (Å²) in [5, 5.41) is 1.45. The fraction of sp³-hybridized carbons (Fsp3) is 0.211. The molecule has 0 aromatic heterocycles. The number of para-hydroxylation sites is 1. The van der Waals surface area contributed by atoms with Crippen molar-refractivity contribution in [3.8, 4) is 0 Å². The van der Waals surface area contributed by atoms with Gasteiger partial charge in [-0.15, -0.1) is 11.8 Å². The molecule has 1 atom stereocenters. The number of thioether (sulfide) groups is 1. The maximum Gasteiger partial charge on any atom is 0.418 e. The molecule has 0 saturated carbocycles. The van der Waals surface area contributed by atoms with Crippen molar-refractivity contribution >= 4 is 56.8 Å². The van der Waals surface area contributed by atoms with Gasteiger partial charge >= 0.3 is 6.18 Å². The number of rotatable bonds is 5. The molecule has 29 heavy (non-hydrogen) atoms. The van der Waals surface area contributed by atoms with Crippen LogP contribution in [0.25, 0.3) is 0 Å². The first-order valence-electron chi connectivity index (χ1n) is 8.37. The number of anilines is 2. The third kappa shape index (κ3) is 4.99. The number of amides is 3. The van der Waals surface area contributed by atoms with Crippen LogP contribution in [-0.4, -0.2) is 28.7 Å². The average molecular weight is 487 g/mol. The molecule has 0 spiro atoms. The predicted molar refractivity (Wildman–Crippen MR) is 108 cm³/mol. The molecule has 3 rings (SSSR count). The topological polar surface area (TPSA) is 66.5 Å². The minimum Gasteiger partial charge on any atom is -0.325 e. The van der Waals surface area contributed by atoms with E-state index < -0.39 is 34.7 Å². The molecule has 1 unspecified atom stereocenters. The van der Waals surface area contributed by atoms with Gasteiger partial charge < -0.3 is 5.32 Å².